The average Bonchev–Trinajstić information content (AvgIpc) is 2.41. The van der Waals surface area contributed by atoms with E-state index in [0.29, 0.717) is 6.42 Å². The maximum absolute atomic E-state index is 11.3. The summed E-state index contributed by atoms with van der Waals surface area (Å²) in [5.41, 5.74) is 8.13. The number of carbonyl (C=O) groups is 1. The first-order chi connectivity index (χ1) is 8.63. The zero-order valence-electron chi connectivity index (χ0n) is 9.76. The van der Waals surface area contributed by atoms with E-state index in [1.807, 2.05) is 12.1 Å². The Balaban J connectivity index is 2.40. The van der Waals surface area contributed by atoms with Gasteiger partial charge in [0, 0.05) is 23.3 Å². The molecule has 0 aliphatic heterocycles. The zero-order valence-corrected chi connectivity index (χ0v) is 11.3. The van der Waals surface area contributed by atoms with E-state index >= 15 is 0 Å². The molecule has 2 N–H and O–H groups in total. The Labute approximate surface area is 112 Å². The minimum absolute atomic E-state index is 0.370. The van der Waals surface area contributed by atoms with Crippen molar-refractivity contribution >= 4 is 32.9 Å². The number of halogens is 1. The molecule has 2 aromatic rings. The molecule has 1 unspecified atom stereocenters. The number of hydrogen-bond acceptors (Lipinski definition) is 5. The Morgan fingerprint density at radius 2 is 2.06 bits per heavy atom. The third-order valence-electron chi connectivity index (χ3n) is 2.60. The number of nitrogens with zero attached hydrogens (tertiary/aromatic N) is 2. The number of rotatable bonds is 3. The molecule has 94 valence electrons. The fraction of sp³-hybridized carbons (Fsp3) is 0.250. The first-order valence-corrected chi connectivity index (χ1v) is 6.14. The normalized spacial score (nSPS) is 12.4. The van der Waals surface area contributed by atoms with Crippen LogP contribution in [0.1, 0.15) is 5.56 Å². The quantitative estimate of drug-likeness (QED) is 0.868. The summed E-state index contributed by atoms with van der Waals surface area (Å²) in [6.07, 6.45) is 3.61. The van der Waals surface area contributed by atoms with Gasteiger partial charge in [-0.3, -0.25) is 14.8 Å². The Bertz CT molecular complexity index is 589. The van der Waals surface area contributed by atoms with Crippen molar-refractivity contribution in [2.75, 3.05) is 7.11 Å². The fourth-order valence-corrected chi connectivity index (χ4v) is 2.14. The van der Waals surface area contributed by atoms with Crippen molar-refractivity contribution in [1.82, 2.24) is 9.97 Å². The number of nitrogens with two attached hydrogens (primary N) is 1. The Kier molecular flexibility index (Phi) is 3.88. The molecule has 18 heavy (non-hydrogen) atoms. The molecule has 2 rings (SSSR count). The fourth-order valence-electron chi connectivity index (χ4n) is 1.72. The summed E-state index contributed by atoms with van der Waals surface area (Å²) in [4.78, 5) is 19.9. The van der Waals surface area contributed by atoms with E-state index < -0.39 is 12.0 Å². The molecule has 0 fully saturated rings. The highest BCUT2D eigenvalue weighted by molar-refractivity contribution is 9.10. The summed E-state index contributed by atoms with van der Waals surface area (Å²) in [6, 6.07) is 3.06. The molecule has 6 heteroatoms. The van der Waals surface area contributed by atoms with Crippen molar-refractivity contribution < 1.29 is 9.53 Å². The number of hydrogen-bond donors (Lipinski definition) is 1. The van der Waals surface area contributed by atoms with Crippen LogP contribution < -0.4 is 5.73 Å². The highest BCUT2D eigenvalue weighted by Gasteiger charge is 2.17. The van der Waals surface area contributed by atoms with Gasteiger partial charge in [-0.2, -0.15) is 0 Å². The number of fused-ring (bicyclic) bond motifs is 1. The van der Waals surface area contributed by atoms with Gasteiger partial charge in [-0.1, -0.05) is 6.07 Å². The number of esters is 1. The lowest BCUT2D eigenvalue weighted by Gasteiger charge is -2.11. The maximum Gasteiger partial charge on any atom is 0.322 e. The molecule has 1 aromatic heterocycles. The standard InChI is InChI=1S/C12H12BrN3O2/c1-18-12(17)9(14)6-7-2-3-8(13)11-10(7)15-4-5-16-11/h2-5,9H,6,14H2,1H3. The number of aromatic nitrogens is 2. The van der Waals surface area contributed by atoms with Crippen LogP contribution in [0.15, 0.2) is 29.0 Å². The molecule has 0 amide bonds. The van der Waals surface area contributed by atoms with Crippen LogP contribution in [-0.4, -0.2) is 29.1 Å². The predicted molar refractivity (Wildman–Crippen MR) is 70.9 cm³/mol. The number of ether oxygens (including phenoxy) is 1. The summed E-state index contributed by atoms with van der Waals surface area (Å²) in [6.45, 7) is 0. The molecule has 0 aliphatic carbocycles. The molecule has 0 spiro atoms. The molecule has 0 radical (unpaired) electrons. The van der Waals surface area contributed by atoms with Gasteiger partial charge in [-0.05, 0) is 27.6 Å². The molecule has 1 aromatic carbocycles. The van der Waals surface area contributed by atoms with Gasteiger partial charge in [-0.15, -0.1) is 0 Å². The van der Waals surface area contributed by atoms with Crippen LogP contribution >= 0.6 is 15.9 Å². The van der Waals surface area contributed by atoms with Crippen LogP contribution in [0.3, 0.4) is 0 Å². The van der Waals surface area contributed by atoms with Crippen LogP contribution in [0.2, 0.25) is 0 Å². The number of benzene rings is 1. The van der Waals surface area contributed by atoms with Gasteiger partial charge in [0.25, 0.3) is 0 Å². The first-order valence-electron chi connectivity index (χ1n) is 5.35. The highest BCUT2D eigenvalue weighted by atomic mass is 79.9. The minimum atomic E-state index is -0.693. The van der Waals surface area contributed by atoms with Crippen molar-refractivity contribution in [1.29, 1.82) is 0 Å². The molecule has 5 nitrogen and oxygen atoms in total. The van der Waals surface area contributed by atoms with Crippen LogP contribution in [0.25, 0.3) is 11.0 Å². The van der Waals surface area contributed by atoms with E-state index in [1.165, 1.54) is 7.11 Å². The van der Waals surface area contributed by atoms with E-state index in [9.17, 15) is 4.79 Å². The first kappa shape index (κ1) is 12.9. The molecule has 1 heterocycles. The van der Waals surface area contributed by atoms with Gasteiger partial charge in [-0.25, -0.2) is 0 Å². The lowest BCUT2D eigenvalue weighted by atomic mass is 10.0. The lowest BCUT2D eigenvalue weighted by Crippen LogP contribution is -2.33. The van der Waals surface area contributed by atoms with Gasteiger partial charge in [0.05, 0.1) is 12.6 Å². The Morgan fingerprint density at radius 3 is 2.72 bits per heavy atom. The lowest BCUT2D eigenvalue weighted by molar-refractivity contribution is -0.142. The summed E-state index contributed by atoms with van der Waals surface area (Å²) in [5, 5.41) is 0. The Morgan fingerprint density at radius 1 is 1.39 bits per heavy atom. The highest BCUT2D eigenvalue weighted by Crippen LogP contribution is 2.24. The average molecular weight is 310 g/mol. The molecular formula is C12H12BrN3O2. The van der Waals surface area contributed by atoms with Crippen molar-refractivity contribution in [3.05, 3.63) is 34.6 Å². The summed E-state index contributed by atoms with van der Waals surface area (Å²) >= 11 is 3.41. The number of carbonyl (C=O) groups excluding carboxylic acids is 1. The van der Waals surface area contributed by atoms with Gasteiger partial charge in [0.2, 0.25) is 0 Å². The molecule has 0 saturated heterocycles. The van der Waals surface area contributed by atoms with Crippen molar-refractivity contribution in [2.45, 2.75) is 12.5 Å². The second kappa shape index (κ2) is 5.41. The molecule has 0 bridgehead atoms. The van der Waals surface area contributed by atoms with Crippen molar-refractivity contribution in [3.8, 4) is 0 Å². The summed E-state index contributed by atoms with van der Waals surface area (Å²) in [5.74, 6) is -0.435. The van der Waals surface area contributed by atoms with Crippen molar-refractivity contribution in [3.63, 3.8) is 0 Å². The molecule has 1 atom stereocenters. The smallest absolute Gasteiger partial charge is 0.322 e. The number of methoxy groups -OCH3 is 1. The third-order valence-corrected chi connectivity index (χ3v) is 3.24. The SMILES string of the molecule is COC(=O)C(N)Cc1ccc(Br)c2nccnc12. The molecule has 0 aliphatic rings. The second-order valence-electron chi connectivity index (χ2n) is 3.79. The minimum Gasteiger partial charge on any atom is -0.468 e. The van der Waals surface area contributed by atoms with E-state index in [-0.39, 0.29) is 0 Å². The molecule has 0 saturated carbocycles. The van der Waals surface area contributed by atoms with Crippen LogP contribution in [0, 0.1) is 0 Å². The van der Waals surface area contributed by atoms with Crippen LogP contribution in [-0.2, 0) is 16.0 Å². The van der Waals surface area contributed by atoms with Crippen molar-refractivity contribution in [2.24, 2.45) is 5.73 Å². The van der Waals surface area contributed by atoms with Gasteiger partial charge in [0.1, 0.15) is 11.6 Å². The maximum atomic E-state index is 11.3. The topological polar surface area (TPSA) is 78.1 Å². The summed E-state index contributed by atoms with van der Waals surface area (Å²) < 4.78 is 5.47. The van der Waals surface area contributed by atoms with E-state index in [4.69, 9.17) is 5.73 Å². The van der Waals surface area contributed by atoms with Gasteiger partial charge >= 0.3 is 5.97 Å². The zero-order chi connectivity index (χ0) is 13.1. The van der Waals surface area contributed by atoms with E-state index in [0.717, 1.165) is 21.1 Å². The van der Waals surface area contributed by atoms with Gasteiger partial charge < -0.3 is 10.5 Å². The predicted octanol–water partition coefficient (Wildman–Crippen LogP) is 1.44. The van der Waals surface area contributed by atoms with Crippen LogP contribution in [0.4, 0.5) is 0 Å². The largest absolute Gasteiger partial charge is 0.468 e. The second-order valence-corrected chi connectivity index (χ2v) is 4.65. The van der Waals surface area contributed by atoms with Crippen LogP contribution in [0.5, 0.6) is 0 Å². The van der Waals surface area contributed by atoms with E-state index in [2.05, 4.69) is 30.6 Å². The third kappa shape index (κ3) is 2.49. The monoisotopic (exact) mass is 309 g/mol. The van der Waals surface area contributed by atoms with E-state index in [1.54, 1.807) is 12.4 Å². The molecular weight excluding hydrogens is 298 g/mol. The Hall–Kier alpha value is -1.53. The summed E-state index contributed by atoms with van der Waals surface area (Å²) in [7, 11) is 1.32. The van der Waals surface area contributed by atoms with Gasteiger partial charge in [0.15, 0.2) is 0 Å².